The zero-order chi connectivity index (χ0) is 7.56. The second-order valence-corrected chi connectivity index (χ2v) is 2.02. The Morgan fingerprint density at radius 2 is 2.60 bits per heavy atom. The summed E-state index contributed by atoms with van der Waals surface area (Å²) in [6.07, 6.45) is 2.64. The van der Waals surface area contributed by atoms with Crippen molar-refractivity contribution >= 4 is 5.97 Å². The van der Waals surface area contributed by atoms with Gasteiger partial charge < -0.3 is 9.84 Å². The van der Waals surface area contributed by atoms with E-state index in [2.05, 4.69) is 11.3 Å². The topological polar surface area (TPSA) is 46.5 Å². The third-order valence-electron chi connectivity index (χ3n) is 1.23. The second kappa shape index (κ2) is 2.56. The van der Waals surface area contributed by atoms with E-state index in [-0.39, 0.29) is 5.76 Å². The fourth-order valence-electron chi connectivity index (χ4n) is 0.769. The minimum Gasteiger partial charge on any atom is -0.508 e. The summed E-state index contributed by atoms with van der Waals surface area (Å²) in [5.74, 6) is -0.491. The van der Waals surface area contributed by atoms with Gasteiger partial charge in [-0.2, -0.15) is 0 Å². The summed E-state index contributed by atoms with van der Waals surface area (Å²) in [6.45, 7) is 3.45. The predicted molar refractivity (Wildman–Crippen MR) is 35.4 cm³/mol. The van der Waals surface area contributed by atoms with Crippen molar-refractivity contribution in [3.05, 3.63) is 24.5 Å². The van der Waals surface area contributed by atoms with E-state index in [1.54, 1.807) is 6.08 Å². The molecule has 1 aliphatic rings. The molecular formula is C7H8O3. The highest BCUT2D eigenvalue weighted by Gasteiger charge is 2.23. The van der Waals surface area contributed by atoms with Crippen LogP contribution in [0.5, 0.6) is 0 Å². The van der Waals surface area contributed by atoms with E-state index in [4.69, 9.17) is 5.11 Å². The molecule has 10 heavy (non-hydrogen) atoms. The normalized spacial score (nSPS) is 23.8. The standard InChI is InChI=1S/C7H8O3/c1-2-3-6-5(8)4-7(9)10-6/h2,4,6,8H,1,3H2. The van der Waals surface area contributed by atoms with Gasteiger partial charge in [-0.15, -0.1) is 6.58 Å². The van der Waals surface area contributed by atoms with Gasteiger partial charge >= 0.3 is 5.97 Å². The van der Waals surface area contributed by atoms with Crippen LogP contribution >= 0.6 is 0 Å². The molecule has 0 aromatic carbocycles. The highest BCUT2D eigenvalue weighted by atomic mass is 16.6. The molecule has 0 aliphatic carbocycles. The first kappa shape index (κ1) is 6.86. The minimum absolute atomic E-state index is 0.00935. The van der Waals surface area contributed by atoms with Crippen LogP contribution in [0.4, 0.5) is 0 Å². The SMILES string of the molecule is C=CCC1OC(=O)C=C1O. The maximum absolute atomic E-state index is 10.4. The highest BCUT2D eigenvalue weighted by molar-refractivity contribution is 5.85. The molecule has 0 saturated heterocycles. The van der Waals surface area contributed by atoms with Gasteiger partial charge in [0.2, 0.25) is 0 Å². The van der Waals surface area contributed by atoms with E-state index < -0.39 is 12.1 Å². The molecule has 0 aromatic heterocycles. The second-order valence-electron chi connectivity index (χ2n) is 2.02. The van der Waals surface area contributed by atoms with Crippen molar-refractivity contribution in [2.45, 2.75) is 12.5 Å². The molecule has 0 saturated carbocycles. The van der Waals surface area contributed by atoms with E-state index in [0.29, 0.717) is 6.42 Å². The first-order valence-electron chi connectivity index (χ1n) is 2.96. The van der Waals surface area contributed by atoms with Crippen LogP contribution in [0, 0.1) is 0 Å². The quantitative estimate of drug-likeness (QED) is 0.458. The Morgan fingerprint density at radius 3 is 3.00 bits per heavy atom. The van der Waals surface area contributed by atoms with E-state index in [9.17, 15) is 4.79 Å². The lowest BCUT2D eigenvalue weighted by Gasteiger charge is -2.05. The van der Waals surface area contributed by atoms with Gasteiger partial charge in [-0.05, 0) is 0 Å². The Hall–Kier alpha value is -1.25. The molecule has 0 amide bonds. The lowest BCUT2D eigenvalue weighted by atomic mass is 10.2. The minimum atomic E-state index is -0.495. The molecule has 1 aliphatic heterocycles. The predicted octanol–water partition coefficient (Wildman–Crippen LogP) is 0.930. The number of carbonyl (C=O) groups excluding carboxylic acids is 1. The smallest absolute Gasteiger partial charge is 0.335 e. The number of rotatable bonds is 2. The van der Waals surface area contributed by atoms with Gasteiger partial charge in [0.05, 0.1) is 6.08 Å². The average molecular weight is 140 g/mol. The molecular weight excluding hydrogens is 132 g/mol. The Labute approximate surface area is 58.6 Å². The van der Waals surface area contributed by atoms with Gasteiger partial charge in [-0.25, -0.2) is 4.79 Å². The van der Waals surface area contributed by atoms with Crippen LogP contribution in [0.3, 0.4) is 0 Å². The van der Waals surface area contributed by atoms with Crippen LogP contribution in [-0.4, -0.2) is 17.2 Å². The van der Waals surface area contributed by atoms with Gasteiger partial charge in [0, 0.05) is 6.42 Å². The zero-order valence-electron chi connectivity index (χ0n) is 5.41. The van der Waals surface area contributed by atoms with Crippen LogP contribution in [0.15, 0.2) is 24.5 Å². The van der Waals surface area contributed by atoms with Gasteiger partial charge in [0.1, 0.15) is 5.76 Å². The molecule has 0 fully saturated rings. The van der Waals surface area contributed by atoms with Crippen LogP contribution in [-0.2, 0) is 9.53 Å². The van der Waals surface area contributed by atoms with E-state index in [1.807, 2.05) is 0 Å². The molecule has 1 heterocycles. The number of hydrogen-bond donors (Lipinski definition) is 1. The first-order chi connectivity index (χ1) is 4.74. The van der Waals surface area contributed by atoms with Crippen molar-refractivity contribution in [2.75, 3.05) is 0 Å². The zero-order valence-corrected chi connectivity index (χ0v) is 5.41. The molecule has 3 nitrogen and oxygen atoms in total. The van der Waals surface area contributed by atoms with Crippen molar-refractivity contribution in [3.63, 3.8) is 0 Å². The average Bonchev–Trinajstić information content (AvgIpc) is 2.13. The maximum atomic E-state index is 10.4. The first-order valence-corrected chi connectivity index (χ1v) is 2.96. The van der Waals surface area contributed by atoms with Crippen molar-refractivity contribution in [1.29, 1.82) is 0 Å². The van der Waals surface area contributed by atoms with Gasteiger partial charge in [0.25, 0.3) is 0 Å². The summed E-state index contributed by atoms with van der Waals surface area (Å²) >= 11 is 0. The summed E-state index contributed by atoms with van der Waals surface area (Å²) < 4.78 is 4.66. The number of carbonyl (C=O) groups is 1. The Bertz CT molecular complexity index is 193. The lowest BCUT2D eigenvalue weighted by Crippen LogP contribution is -2.09. The van der Waals surface area contributed by atoms with Crippen molar-refractivity contribution in [3.8, 4) is 0 Å². The third-order valence-corrected chi connectivity index (χ3v) is 1.23. The summed E-state index contributed by atoms with van der Waals surface area (Å²) in [5, 5.41) is 8.96. The highest BCUT2D eigenvalue weighted by Crippen LogP contribution is 2.15. The van der Waals surface area contributed by atoms with Crippen molar-refractivity contribution in [1.82, 2.24) is 0 Å². The van der Waals surface area contributed by atoms with Crippen molar-refractivity contribution in [2.24, 2.45) is 0 Å². The Balaban J connectivity index is 2.59. The Kier molecular flexibility index (Phi) is 1.76. The number of cyclic esters (lactones) is 1. The van der Waals surface area contributed by atoms with E-state index >= 15 is 0 Å². The summed E-state index contributed by atoms with van der Waals surface area (Å²) in [7, 11) is 0. The largest absolute Gasteiger partial charge is 0.508 e. The van der Waals surface area contributed by atoms with Crippen molar-refractivity contribution < 1.29 is 14.6 Å². The molecule has 1 N–H and O–H groups in total. The molecule has 0 radical (unpaired) electrons. The molecule has 1 unspecified atom stereocenters. The summed E-state index contributed by atoms with van der Waals surface area (Å²) in [4.78, 5) is 10.4. The fraction of sp³-hybridized carbons (Fsp3) is 0.286. The van der Waals surface area contributed by atoms with E-state index in [0.717, 1.165) is 6.08 Å². The summed E-state index contributed by atoms with van der Waals surface area (Å²) in [6, 6.07) is 0. The number of aliphatic hydroxyl groups excluding tert-OH is 1. The Morgan fingerprint density at radius 1 is 1.90 bits per heavy atom. The van der Waals surface area contributed by atoms with Gasteiger partial charge in [0.15, 0.2) is 6.10 Å². The van der Waals surface area contributed by atoms with Gasteiger partial charge in [-0.3, -0.25) is 0 Å². The number of hydrogen-bond acceptors (Lipinski definition) is 3. The van der Waals surface area contributed by atoms with Crippen LogP contribution in [0.2, 0.25) is 0 Å². The van der Waals surface area contributed by atoms with Crippen LogP contribution < -0.4 is 0 Å². The number of ether oxygens (including phenoxy) is 1. The van der Waals surface area contributed by atoms with E-state index in [1.165, 1.54) is 0 Å². The number of esters is 1. The third kappa shape index (κ3) is 1.18. The molecule has 3 heteroatoms. The number of aliphatic hydroxyl groups is 1. The monoisotopic (exact) mass is 140 g/mol. The molecule has 1 atom stereocenters. The molecule has 0 aromatic rings. The molecule has 0 spiro atoms. The van der Waals surface area contributed by atoms with Crippen LogP contribution in [0.1, 0.15) is 6.42 Å². The van der Waals surface area contributed by atoms with Crippen LogP contribution in [0.25, 0.3) is 0 Å². The lowest BCUT2D eigenvalue weighted by molar-refractivity contribution is -0.139. The molecule has 0 bridgehead atoms. The maximum Gasteiger partial charge on any atom is 0.335 e. The molecule has 1 rings (SSSR count). The fourth-order valence-corrected chi connectivity index (χ4v) is 0.769. The van der Waals surface area contributed by atoms with Gasteiger partial charge in [-0.1, -0.05) is 6.08 Å². The molecule has 54 valence electrons. The summed E-state index contributed by atoms with van der Waals surface area (Å²) in [5.41, 5.74) is 0.